The van der Waals surface area contributed by atoms with Crippen LogP contribution in [0.25, 0.3) is 16.7 Å². The van der Waals surface area contributed by atoms with Gasteiger partial charge in [-0.1, -0.05) is 39.0 Å². The molecule has 1 atom stereocenters. The summed E-state index contributed by atoms with van der Waals surface area (Å²) in [6.45, 7) is 6.24. The fraction of sp³-hybridized carbons (Fsp3) is 0.267. The molecule has 0 saturated carbocycles. The van der Waals surface area contributed by atoms with E-state index in [0.717, 1.165) is 22.0 Å². The Hall–Kier alpha value is -4.26. The molecule has 2 aromatic heterocycles. The number of carbonyl (C=O) groups excluding carboxylic acids is 2. The maximum atomic E-state index is 13.5. The second-order valence-electron chi connectivity index (χ2n) is 10.4. The molecule has 1 amide bonds. The van der Waals surface area contributed by atoms with Crippen LogP contribution in [0.15, 0.2) is 77.0 Å². The van der Waals surface area contributed by atoms with Crippen molar-refractivity contribution in [3.63, 3.8) is 0 Å². The molecule has 0 bridgehead atoms. The molecule has 7 nitrogen and oxygen atoms in total. The summed E-state index contributed by atoms with van der Waals surface area (Å²) < 4.78 is 13.0. The molecule has 0 spiro atoms. The summed E-state index contributed by atoms with van der Waals surface area (Å²) in [5.74, 6) is -0.388. The number of benzene rings is 2. The predicted octanol–water partition coefficient (Wildman–Crippen LogP) is 5.70. The first-order valence-electron chi connectivity index (χ1n) is 12.2. The van der Waals surface area contributed by atoms with Gasteiger partial charge in [0.05, 0.1) is 31.5 Å². The summed E-state index contributed by atoms with van der Waals surface area (Å²) in [4.78, 5) is 28.4. The summed E-state index contributed by atoms with van der Waals surface area (Å²) in [6.07, 6.45) is 3.45. The Morgan fingerprint density at radius 3 is 2.51 bits per heavy atom. The van der Waals surface area contributed by atoms with Gasteiger partial charge in [-0.25, -0.2) is 0 Å². The molecule has 3 heterocycles. The number of ketones is 1. The number of aromatic nitrogens is 1. The number of ether oxygens (including phenoxy) is 1. The number of aryl methyl sites for hydroxylation is 1. The summed E-state index contributed by atoms with van der Waals surface area (Å²) in [7, 11) is 3.52. The second-order valence-corrected chi connectivity index (χ2v) is 10.4. The van der Waals surface area contributed by atoms with Crippen LogP contribution in [0.3, 0.4) is 0 Å². The third kappa shape index (κ3) is 4.10. The number of fused-ring (bicyclic) bond motifs is 1. The first kappa shape index (κ1) is 24.4. The van der Waals surface area contributed by atoms with Gasteiger partial charge in [-0.15, -0.1) is 0 Å². The summed E-state index contributed by atoms with van der Waals surface area (Å²) >= 11 is 0. The van der Waals surface area contributed by atoms with Crippen LogP contribution in [0.5, 0.6) is 5.75 Å². The predicted molar refractivity (Wildman–Crippen MR) is 141 cm³/mol. The number of para-hydroxylation sites is 1. The molecule has 190 valence electrons. The van der Waals surface area contributed by atoms with E-state index in [2.05, 4.69) is 0 Å². The van der Waals surface area contributed by atoms with E-state index in [0.29, 0.717) is 17.1 Å². The maximum Gasteiger partial charge on any atom is 0.296 e. The van der Waals surface area contributed by atoms with Crippen LogP contribution in [0.1, 0.15) is 49.3 Å². The number of aliphatic hydroxyl groups excluding tert-OH is 1. The van der Waals surface area contributed by atoms with Crippen molar-refractivity contribution in [2.24, 2.45) is 7.05 Å². The first-order valence-corrected chi connectivity index (χ1v) is 12.2. The van der Waals surface area contributed by atoms with E-state index in [-0.39, 0.29) is 23.3 Å². The minimum absolute atomic E-state index is 0.0536. The molecule has 1 saturated heterocycles. The van der Waals surface area contributed by atoms with Crippen molar-refractivity contribution in [2.45, 2.75) is 38.8 Å². The number of carbonyl (C=O) groups is 2. The zero-order valence-corrected chi connectivity index (χ0v) is 21.6. The van der Waals surface area contributed by atoms with E-state index < -0.39 is 17.7 Å². The van der Waals surface area contributed by atoms with Crippen molar-refractivity contribution in [1.82, 2.24) is 9.47 Å². The molecule has 2 aromatic carbocycles. The summed E-state index contributed by atoms with van der Waals surface area (Å²) in [5.41, 5.74) is 2.83. The third-order valence-corrected chi connectivity index (χ3v) is 6.95. The van der Waals surface area contributed by atoms with Crippen molar-refractivity contribution in [3.8, 4) is 5.75 Å². The number of methoxy groups -OCH3 is 1. The largest absolute Gasteiger partial charge is 0.507 e. The average Bonchev–Trinajstić information content (AvgIpc) is 3.57. The molecule has 1 aliphatic rings. The highest BCUT2D eigenvalue weighted by molar-refractivity contribution is 6.46. The SMILES string of the molecule is COc1ccc(/C(O)=C2\C(=O)C(=O)N(Cc3ccco3)C2c2cn(C)c3ccccc23)cc1C(C)(C)C. The van der Waals surface area contributed by atoms with Crippen molar-refractivity contribution < 1.29 is 23.8 Å². The van der Waals surface area contributed by atoms with Crippen LogP contribution in [-0.4, -0.2) is 33.4 Å². The highest BCUT2D eigenvalue weighted by atomic mass is 16.5. The van der Waals surface area contributed by atoms with Crippen LogP contribution >= 0.6 is 0 Å². The molecule has 0 radical (unpaired) electrons. The lowest BCUT2D eigenvalue weighted by Gasteiger charge is -2.25. The topological polar surface area (TPSA) is 84.9 Å². The molecule has 7 heteroatoms. The Morgan fingerprint density at radius 1 is 1.08 bits per heavy atom. The second kappa shape index (κ2) is 9.00. The standard InChI is InChI=1S/C30H30N2O5/c1-30(2,3)22-15-18(12-13-24(22)36-5)27(33)25-26(21-17-31(4)23-11-7-6-10-20(21)23)32(29(35)28(25)34)16-19-9-8-14-37-19/h6-15,17,26,33H,16H2,1-5H3/b27-25+. The molecule has 1 unspecified atom stereocenters. The van der Waals surface area contributed by atoms with Gasteiger partial charge in [-0.3, -0.25) is 9.59 Å². The Kier molecular flexibility index (Phi) is 5.94. The molecule has 1 aliphatic heterocycles. The van der Waals surface area contributed by atoms with E-state index >= 15 is 0 Å². The van der Waals surface area contributed by atoms with Crippen molar-refractivity contribution in [2.75, 3.05) is 7.11 Å². The highest BCUT2D eigenvalue weighted by Gasteiger charge is 2.47. The van der Waals surface area contributed by atoms with Crippen molar-refractivity contribution >= 4 is 28.4 Å². The summed E-state index contributed by atoms with van der Waals surface area (Å²) in [5, 5.41) is 12.5. The minimum Gasteiger partial charge on any atom is -0.507 e. The fourth-order valence-electron chi connectivity index (χ4n) is 5.12. The van der Waals surface area contributed by atoms with Crippen molar-refractivity contribution in [3.05, 3.63) is 95.1 Å². The Labute approximate surface area is 215 Å². The number of hydrogen-bond acceptors (Lipinski definition) is 5. The Balaban J connectivity index is 1.74. The Bertz CT molecular complexity index is 1540. The quantitative estimate of drug-likeness (QED) is 0.217. The van der Waals surface area contributed by atoms with Gasteiger partial charge in [-0.2, -0.15) is 0 Å². The Morgan fingerprint density at radius 2 is 1.84 bits per heavy atom. The minimum atomic E-state index is -0.795. The van der Waals surface area contributed by atoms with Crippen LogP contribution in [0.4, 0.5) is 0 Å². The first-order chi connectivity index (χ1) is 17.6. The van der Waals surface area contributed by atoms with Crippen LogP contribution < -0.4 is 4.74 Å². The van der Waals surface area contributed by atoms with Crippen LogP contribution in [-0.2, 0) is 28.6 Å². The molecule has 4 aromatic rings. The smallest absolute Gasteiger partial charge is 0.296 e. The van der Waals surface area contributed by atoms with E-state index in [9.17, 15) is 14.7 Å². The normalized spacial score (nSPS) is 17.6. The zero-order valence-electron chi connectivity index (χ0n) is 21.6. The molecular formula is C30H30N2O5. The van der Waals surface area contributed by atoms with Crippen molar-refractivity contribution in [1.29, 1.82) is 0 Å². The number of furan rings is 1. The van der Waals surface area contributed by atoms with Gasteiger partial charge in [0.25, 0.3) is 11.7 Å². The van der Waals surface area contributed by atoms with Gasteiger partial charge in [0.15, 0.2) is 0 Å². The highest BCUT2D eigenvalue weighted by Crippen LogP contribution is 2.44. The monoisotopic (exact) mass is 498 g/mol. The fourth-order valence-corrected chi connectivity index (χ4v) is 5.12. The lowest BCUT2D eigenvalue weighted by Crippen LogP contribution is -2.29. The van der Waals surface area contributed by atoms with E-state index in [1.54, 1.807) is 31.4 Å². The molecule has 5 rings (SSSR count). The number of likely N-dealkylation sites (tertiary alicyclic amines) is 1. The van der Waals surface area contributed by atoms with Gasteiger partial charge in [-0.05, 0) is 41.8 Å². The van der Waals surface area contributed by atoms with Gasteiger partial charge < -0.3 is 23.7 Å². The zero-order chi connectivity index (χ0) is 26.5. The van der Waals surface area contributed by atoms with Gasteiger partial charge >= 0.3 is 0 Å². The maximum absolute atomic E-state index is 13.5. The average molecular weight is 499 g/mol. The molecular weight excluding hydrogens is 468 g/mol. The number of aliphatic hydroxyl groups is 1. The van der Waals surface area contributed by atoms with Crippen LogP contribution in [0, 0.1) is 0 Å². The van der Waals surface area contributed by atoms with Gasteiger partial charge in [0.2, 0.25) is 0 Å². The lowest BCUT2D eigenvalue weighted by atomic mass is 9.84. The summed E-state index contributed by atoms with van der Waals surface area (Å²) in [6, 6.07) is 15.8. The van der Waals surface area contributed by atoms with Gasteiger partial charge in [0, 0.05) is 40.8 Å². The number of amides is 1. The molecule has 1 N–H and O–H groups in total. The molecule has 37 heavy (non-hydrogen) atoms. The number of hydrogen-bond donors (Lipinski definition) is 1. The van der Waals surface area contributed by atoms with E-state index in [1.807, 2.05) is 68.9 Å². The van der Waals surface area contributed by atoms with Crippen LogP contribution in [0.2, 0.25) is 0 Å². The van der Waals surface area contributed by atoms with Gasteiger partial charge in [0.1, 0.15) is 17.3 Å². The van der Waals surface area contributed by atoms with E-state index in [4.69, 9.17) is 9.15 Å². The number of nitrogens with zero attached hydrogens (tertiary/aromatic N) is 2. The number of Topliss-reactive ketones (excluding diaryl/α,β-unsaturated/α-hetero) is 1. The number of rotatable bonds is 5. The molecule has 0 aliphatic carbocycles. The third-order valence-electron chi connectivity index (χ3n) is 6.95. The van der Waals surface area contributed by atoms with E-state index in [1.165, 1.54) is 11.2 Å². The lowest BCUT2D eigenvalue weighted by molar-refractivity contribution is -0.140. The molecule has 1 fully saturated rings.